The molecule has 0 N–H and O–H groups in total. The van der Waals surface area contributed by atoms with Crippen molar-refractivity contribution in [3.63, 3.8) is 0 Å². The minimum Gasteiger partial charge on any atom is -0.317 e. The summed E-state index contributed by atoms with van der Waals surface area (Å²) in [4.78, 5) is 3.74. The van der Waals surface area contributed by atoms with E-state index in [9.17, 15) is 5.26 Å². The third-order valence-corrected chi connectivity index (χ3v) is 4.21. The Morgan fingerprint density at radius 1 is 1.39 bits per heavy atom. The molecule has 1 aromatic carbocycles. The standard InChI is InChI=1S/C14H15N3S/c1-2-18-14(8-9-15,17-11-10-16-12-17)13-6-4-3-5-7-13/h3-7,10-12H,2,8H2,1H3. The molecule has 0 aliphatic carbocycles. The smallest absolute Gasteiger partial charge is 0.130 e. The highest BCUT2D eigenvalue weighted by Crippen LogP contribution is 2.40. The van der Waals surface area contributed by atoms with E-state index in [1.807, 2.05) is 29.0 Å². The summed E-state index contributed by atoms with van der Waals surface area (Å²) in [6.07, 6.45) is 5.89. The Bertz CT molecular complexity index is 516. The number of hydrogen-bond donors (Lipinski definition) is 0. The first-order valence-electron chi connectivity index (χ1n) is 5.88. The van der Waals surface area contributed by atoms with Gasteiger partial charge in [0, 0.05) is 12.4 Å². The first kappa shape index (κ1) is 12.7. The van der Waals surface area contributed by atoms with Gasteiger partial charge in [0.05, 0.1) is 18.8 Å². The molecule has 0 amide bonds. The van der Waals surface area contributed by atoms with Crippen molar-refractivity contribution in [2.24, 2.45) is 0 Å². The molecule has 4 heteroatoms. The second kappa shape index (κ2) is 5.74. The second-order valence-electron chi connectivity index (χ2n) is 3.89. The zero-order valence-electron chi connectivity index (χ0n) is 10.3. The van der Waals surface area contributed by atoms with Gasteiger partial charge in [-0.15, -0.1) is 11.8 Å². The number of rotatable bonds is 5. The first-order valence-corrected chi connectivity index (χ1v) is 6.87. The molecule has 0 saturated carbocycles. The van der Waals surface area contributed by atoms with Crippen LogP contribution in [-0.2, 0) is 4.87 Å². The lowest BCUT2D eigenvalue weighted by Gasteiger charge is -2.32. The van der Waals surface area contributed by atoms with Crippen molar-refractivity contribution in [3.8, 4) is 6.07 Å². The minimum absolute atomic E-state index is 0.374. The van der Waals surface area contributed by atoms with Crippen LogP contribution >= 0.6 is 11.8 Å². The topological polar surface area (TPSA) is 41.6 Å². The van der Waals surface area contributed by atoms with Crippen LogP contribution in [0, 0.1) is 11.3 Å². The molecule has 1 heterocycles. The Balaban J connectivity index is 2.54. The lowest BCUT2D eigenvalue weighted by molar-refractivity contribution is 0.536. The molecule has 3 nitrogen and oxygen atoms in total. The van der Waals surface area contributed by atoms with Gasteiger partial charge in [0.25, 0.3) is 0 Å². The molecule has 2 rings (SSSR count). The van der Waals surface area contributed by atoms with Crippen LogP contribution in [0.1, 0.15) is 18.9 Å². The summed E-state index contributed by atoms with van der Waals surface area (Å²) in [7, 11) is 0. The van der Waals surface area contributed by atoms with E-state index in [2.05, 4.69) is 30.1 Å². The van der Waals surface area contributed by atoms with Gasteiger partial charge in [-0.2, -0.15) is 5.26 Å². The molecule has 1 aromatic heterocycles. The van der Waals surface area contributed by atoms with Gasteiger partial charge in [-0.05, 0) is 11.3 Å². The molecule has 0 bridgehead atoms. The molecule has 0 radical (unpaired) electrons. The third kappa shape index (κ3) is 2.27. The maximum Gasteiger partial charge on any atom is 0.130 e. The van der Waals surface area contributed by atoms with Gasteiger partial charge < -0.3 is 4.57 Å². The van der Waals surface area contributed by atoms with E-state index in [1.165, 1.54) is 0 Å². The fourth-order valence-electron chi connectivity index (χ4n) is 2.07. The molecule has 0 aliphatic rings. The average Bonchev–Trinajstić information content (AvgIpc) is 2.94. The Labute approximate surface area is 111 Å². The van der Waals surface area contributed by atoms with E-state index < -0.39 is 0 Å². The average molecular weight is 257 g/mol. The van der Waals surface area contributed by atoms with Gasteiger partial charge >= 0.3 is 0 Å². The van der Waals surface area contributed by atoms with E-state index in [4.69, 9.17) is 0 Å². The molecule has 0 aliphatic heterocycles. The molecule has 1 unspecified atom stereocenters. The van der Waals surface area contributed by atoms with Crippen LogP contribution in [0.3, 0.4) is 0 Å². The highest BCUT2D eigenvalue weighted by atomic mass is 32.2. The second-order valence-corrected chi connectivity index (χ2v) is 5.43. The molecule has 18 heavy (non-hydrogen) atoms. The normalized spacial score (nSPS) is 13.8. The molecule has 0 saturated heterocycles. The fraction of sp³-hybridized carbons (Fsp3) is 0.286. The van der Waals surface area contributed by atoms with Gasteiger partial charge in [0.1, 0.15) is 4.87 Å². The summed E-state index contributed by atoms with van der Waals surface area (Å²) in [5, 5.41) is 9.19. The van der Waals surface area contributed by atoms with E-state index in [0.717, 1.165) is 11.3 Å². The van der Waals surface area contributed by atoms with Crippen molar-refractivity contribution in [3.05, 3.63) is 54.6 Å². The number of thioether (sulfide) groups is 1. The van der Waals surface area contributed by atoms with Crippen LogP contribution in [0.5, 0.6) is 0 Å². The van der Waals surface area contributed by atoms with Crippen molar-refractivity contribution in [2.75, 3.05) is 5.75 Å². The largest absolute Gasteiger partial charge is 0.317 e. The zero-order valence-corrected chi connectivity index (χ0v) is 11.1. The van der Waals surface area contributed by atoms with Crippen LogP contribution in [0.4, 0.5) is 0 Å². The van der Waals surface area contributed by atoms with E-state index in [-0.39, 0.29) is 4.87 Å². The van der Waals surface area contributed by atoms with Gasteiger partial charge in [-0.25, -0.2) is 4.98 Å². The van der Waals surface area contributed by atoms with Crippen molar-refractivity contribution in [1.29, 1.82) is 5.26 Å². The van der Waals surface area contributed by atoms with Crippen LogP contribution in [0.15, 0.2) is 49.1 Å². The van der Waals surface area contributed by atoms with Gasteiger partial charge in [0.2, 0.25) is 0 Å². The SMILES string of the molecule is CCSC(CC#N)(c1ccccc1)n1ccnc1. The first-order chi connectivity index (χ1) is 8.83. The predicted octanol–water partition coefficient (Wildman–Crippen LogP) is 3.25. The Morgan fingerprint density at radius 3 is 2.72 bits per heavy atom. The van der Waals surface area contributed by atoms with Gasteiger partial charge in [-0.1, -0.05) is 37.3 Å². The lowest BCUT2D eigenvalue weighted by Crippen LogP contribution is -2.30. The molecule has 92 valence electrons. The van der Waals surface area contributed by atoms with Crippen molar-refractivity contribution >= 4 is 11.8 Å². The van der Waals surface area contributed by atoms with Crippen molar-refractivity contribution < 1.29 is 0 Å². The summed E-state index contributed by atoms with van der Waals surface area (Å²) in [6, 6.07) is 12.5. The predicted molar refractivity (Wildman–Crippen MR) is 74.1 cm³/mol. The Morgan fingerprint density at radius 2 is 2.17 bits per heavy atom. The maximum atomic E-state index is 9.19. The number of aromatic nitrogens is 2. The number of imidazole rings is 1. The minimum atomic E-state index is -0.374. The fourth-order valence-corrected chi connectivity index (χ4v) is 3.27. The molecule has 2 aromatic rings. The third-order valence-electron chi connectivity index (χ3n) is 2.85. The molecular weight excluding hydrogens is 242 g/mol. The summed E-state index contributed by atoms with van der Waals surface area (Å²) in [5.74, 6) is 0.939. The highest BCUT2D eigenvalue weighted by Gasteiger charge is 2.33. The number of nitrogens with zero attached hydrogens (tertiary/aromatic N) is 3. The number of nitriles is 1. The molecule has 0 fully saturated rings. The summed E-state index contributed by atoms with van der Waals surface area (Å²) in [5.41, 5.74) is 1.14. The summed E-state index contributed by atoms with van der Waals surface area (Å²) < 4.78 is 2.03. The van der Waals surface area contributed by atoms with Crippen molar-refractivity contribution in [2.45, 2.75) is 18.2 Å². The Hall–Kier alpha value is -1.73. The van der Waals surface area contributed by atoms with Gasteiger partial charge in [-0.3, -0.25) is 0 Å². The van der Waals surface area contributed by atoms with Crippen LogP contribution in [-0.4, -0.2) is 15.3 Å². The summed E-state index contributed by atoms with van der Waals surface area (Å²) >= 11 is 1.76. The Kier molecular flexibility index (Phi) is 4.06. The molecular formula is C14H15N3S. The monoisotopic (exact) mass is 257 g/mol. The van der Waals surface area contributed by atoms with E-state index in [0.29, 0.717) is 6.42 Å². The van der Waals surface area contributed by atoms with Gasteiger partial charge in [0.15, 0.2) is 0 Å². The van der Waals surface area contributed by atoms with E-state index in [1.54, 1.807) is 24.3 Å². The molecule has 0 spiro atoms. The zero-order chi connectivity index (χ0) is 12.8. The molecule has 1 atom stereocenters. The van der Waals surface area contributed by atoms with Crippen molar-refractivity contribution in [1.82, 2.24) is 9.55 Å². The quantitative estimate of drug-likeness (QED) is 0.825. The van der Waals surface area contributed by atoms with Crippen LogP contribution in [0.25, 0.3) is 0 Å². The maximum absolute atomic E-state index is 9.19. The highest BCUT2D eigenvalue weighted by molar-refractivity contribution is 8.00. The van der Waals surface area contributed by atoms with Crippen LogP contribution in [0.2, 0.25) is 0 Å². The lowest BCUT2D eigenvalue weighted by atomic mass is 10.0. The number of benzene rings is 1. The number of hydrogen-bond acceptors (Lipinski definition) is 3. The summed E-state index contributed by atoms with van der Waals surface area (Å²) in [6.45, 7) is 2.11. The van der Waals surface area contributed by atoms with E-state index >= 15 is 0 Å². The van der Waals surface area contributed by atoms with Crippen LogP contribution < -0.4 is 0 Å².